The Morgan fingerprint density at radius 1 is 1.24 bits per heavy atom. The number of nitrogens with zero attached hydrogens (tertiary/aromatic N) is 3. The highest BCUT2D eigenvalue weighted by Gasteiger charge is 2.15. The maximum Gasteiger partial charge on any atom is 0.345 e. The lowest BCUT2D eigenvalue weighted by molar-refractivity contribution is 0.0727. The van der Waals surface area contributed by atoms with Crippen LogP contribution in [0.4, 0.5) is 0 Å². The van der Waals surface area contributed by atoms with E-state index in [1.165, 1.54) is 0 Å². The third-order valence-corrected chi connectivity index (χ3v) is 3.07. The average molecular weight is 283 g/mol. The molecule has 0 fully saturated rings. The predicted molar refractivity (Wildman–Crippen MR) is 76.5 cm³/mol. The number of carbonyl (C=O) groups excluding carboxylic acids is 1. The van der Waals surface area contributed by atoms with Crippen molar-refractivity contribution < 1.29 is 14.3 Å². The van der Waals surface area contributed by atoms with Crippen LogP contribution in [0.5, 0.6) is 11.6 Å². The van der Waals surface area contributed by atoms with Crippen LogP contribution in [0, 0.1) is 0 Å². The van der Waals surface area contributed by atoms with Gasteiger partial charge in [-0.15, -0.1) is 0 Å². The zero-order valence-corrected chi connectivity index (χ0v) is 11.6. The SMILES string of the molecule is COc1cc(C(=O)Oc2ccccn2)cc2ncn(C)c12. The van der Waals surface area contributed by atoms with Crippen LogP contribution >= 0.6 is 0 Å². The van der Waals surface area contributed by atoms with Gasteiger partial charge in [-0.05, 0) is 18.2 Å². The molecule has 0 saturated carbocycles. The second-order valence-corrected chi connectivity index (χ2v) is 4.46. The molecule has 0 spiro atoms. The van der Waals surface area contributed by atoms with E-state index >= 15 is 0 Å². The summed E-state index contributed by atoms with van der Waals surface area (Å²) in [5.74, 6) is 0.322. The van der Waals surface area contributed by atoms with E-state index in [0.29, 0.717) is 16.8 Å². The van der Waals surface area contributed by atoms with E-state index in [9.17, 15) is 4.79 Å². The highest BCUT2D eigenvalue weighted by molar-refractivity contribution is 5.97. The van der Waals surface area contributed by atoms with Gasteiger partial charge in [0.25, 0.3) is 0 Å². The molecule has 1 aromatic carbocycles. The molecule has 2 heterocycles. The molecular formula is C15H13N3O3. The molecule has 0 amide bonds. The third kappa shape index (κ3) is 2.43. The average Bonchev–Trinajstić information content (AvgIpc) is 2.89. The Morgan fingerprint density at radius 3 is 2.81 bits per heavy atom. The van der Waals surface area contributed by atoms with Gasteiger partial charge in [0.15, 0.2) is 0 Å². The molecule has 0 bridgehead atoms. The molecule has 3 rings (SSSR count). The molecule has 21 heavy (non-hydrogen) atoms. The summed E-state index contributed by atoms with van der Waals surface area (Å²) in [5, 5.41) is 0. The molecule has 0 aliphatic heterocycles. The quantitative estimate of drug-likeness (QED) is 0.689. The van der Waals surface area contributed by atoms with Crippen LogP contribution in [-0.2, 0) is 7.05 Å². The first-order valence-electron chi connectivity index (χ1n) is 6.31. The van der Waals surface area contributed by atoms with Crippen LogP contribution < -0.4 is 9.47 Å². The largest absolute Gasteiger partial charge is 0.494 e. The van der Waals surface area contributed by atoms with Crippen molar-refractivity contribution in [1.82, 2.24) is 14.5 Å². The van der Waals surface area contributed by atoms with Gasteiger partial charge in [0.2, 0.25) is 5.88 Å². The topological polar surface area (TPSA) is 66.2 Å². The zero-order valence-electron chi connectivity index (χ0n) is 11.6. The standard InChI is InChI=1S/C15H13N3O3/c1-18-9-17-11-7-10(8-12(20-2)14(11)18)15(19)21-13-5-3-4-6-16-13/h3-9H,1-2H3. The first-order chi connectivity index (χ1) is 10.2. The van der Waals surface area contributed by atoms with Crippen molar-refractivity contribution in [1.29, 1.82) is 0 Å². The van der Waals surface area contributed by atoms with E-state index in [4.69, 9.17) is 9.47 Å². The normalized spacial score (nSPS) is 10.6. The molecule has 0 N–H and O–H groups in total. The van der Waals surface area contributed by atoms with Gasteiger partial charge in [-0.3, -0.25) is 0 Å². The van der Waals surface area contributed by atoms with Crippen LogP contribution in [0.25, 0.3) is 11.0 Å². The molecule has 0 radical (unpaired) electrons. The van der Waals surface area contributed by atoms with Gasteiger partial charge in [-0.25, -0.2) is 14.8 Å². The van der Waals surface area contributed by atoms with E-state index in [2.05, 4.69) is 9.97 Å². The Balaban J connectivity index is 1.98. The number of imidazole rings is 1. The Labute approximate surface area is 121 Å². The van der Waals surface area contributed by atoms with Crippen LogP contribution in [0.2, 0.25) is 0 Å². The Bertz CT molecular complexity index is 797. The predicted octanol–water partition coefficient (Wildman–Crippen LogP) is 2.20. The maximum absolute atomic E-state index is 12.2. The minimum Gasteiger partial charge on any atom is -0.494 e. The van der Waals surface area contributed by atoms with Crippen molar-refractivity contribution in [2.24, 2.45) is 7.05 Å². The highest BCUT2D eigenvalue weighted by atomic mass is 16.5. The van der Waals surface area contributed by atoms with Crippen molar-refractivity contribution in [2.75, 3.05) is 7.11 Å². The summed E-state index contributed by atoms with van der Waals surface area (Å²) in [7, 11) is 3.42. The van der Waals surface area contributed by atoms with E-state index in [-0.39, 0.29) is 5.88 Å². The molecule has 0 unspecified atom stereocenters. The number of hydrogen-bond donors (Lipinski definition) is 0. The van der Waals surface area contributed by atoms with Crippen molar-refractivity contribution in [3.8, 4) is 11.6 Å². The van der Waals surface area contributed by atoms with Crippen LogP contribution in [0.15, 0.2) is 42.9 Å². The second-order valence-electron chi connectivity index (χ2n) is 4.46. The number of aromatic nitrogens is 3. The molecular weight excluding hydrogens is 270 g/mol. The summed E-state index contributed by atoms with van der Waals surface area (Å²) in [6, 6.07) is 8.42. The van der Waals surface area contributed by atoms with Crippen molar-refractivity contribution in [3.05, 3.63) is 48.4 Å². The molecule has 0 saturated heterocycles. The van der Waals surface area contributed by atoms with E-state index in [1.807, 2.05) is 11.6 Å². The number of rotatable bonds is 3. The lowest BCUT2D eigenvalue weighted by Gasteiger charge is -2.07. The Kier molecular flexibility index (Phi) is 3.27. The molecule has 6 heteroatoms. The number of methoxy groups -OCH3 is 1. The smallest absolute Gasteiger partial charge is 0.345 e. The second kappa shape index (κ2) is 5.24. The fraction of sp³-hybridized carbons (Fsp3) is 0.133. The number of carbonyl (C=O) groups is 1. The molecule has 3 aromatic rings. The summed E-state index contributed by atoms with van der Waals surface area (Å²) in [6.07, 6.45) is 3.23. The lowest BCUT2D eigenvalue weighted by Crippen LogP contribution is -2.09. The minimum absolute atomic E-state index is 0.252. The monoisotopic (exact) mass is 283 g/mol. The minimum atomic E-state index is -0.500. The van der Waals surface area contributed by atoms with Crippen LogP contribution in [0.1, 0.15) is 10.4 Å². The van der Waals surface area contributed by atoms with Gasteiger partial charge in [-0.1, -0.05) is 6.07 Å². The van der Waals surface area contributed by atoms with Gasteiger partial charge in [0, 0.05) is 19.3 Å². The highest BCUT2D eigenvalue weighted by Crippen LogP contribution is 2.26. The zero-order chi connectivity index (χ0) is 14.8. The summed E-state index contributed by atoms with van der Waals surface area (Å²) >= 11 is 0. The van der Waals surface area contributed by atoms with Gasteiger partial charge < -0.3 is 14.0 Å². The van der Waals surface area contributed by atoms with E-state index < -0.39 is 5.97 Å². The van der Waals surface area contributed by atoms with Crippen molar-refractivity contribution in [2.45, 2.75) is 0 Å². The summed E-state index contributed by atoms with van der Waals surface area (Å²) in [4.78, 5) is 20.4. The lowest BCUT2D eigenvalue weighted by atomic mass is 10.2. The molecule has 0 aliphatic rings. The van der Waals surface area contributed by atoms with Crippen molar-refractivity contribution >= 4 is 17.0 Å². The summed E-state index contributed by atoms with van der Waals surface area (Å²) in [5.41, 5.74) is 1.86. The molecule has 6 nitrogen and oxygen atoms in total. The number of pyridine rings is 1. The fourth-order valence-electron chi connectivity index (χ4n) is 2.09. The van der Waals surface area contributed by atoms with Gasteiger partial charge >= 0.3 is 5.97 Å². The van der Waals surface area contributed by atoms with Crippen LogP contribution in [-0.4, -0.2) is 27.6 Å². The summed E-state index contributed by atoms with van der Waals surface area (Å²) in [6.45, 7) is 0. The van der Waals surface area contributed by atoms with Crippen LogP contribution in [0.3, 0.4) is 0 Å². The first kappa shape index (κ1) is 13.1. The van der Waals surface area contributed by atoms with Crippen molar-refractivity contribution in [3.63, 3.8) is 0 Å². The van der Waals surface area contributed by atoms with Gasteiger partial charge in [0.05, 0.1) is 24.5 Å². The molecule has 2 aromatic heterocycles. The number of esters is 1. The Morgan fingerprint density at radius 2 is 2.10 bits per heavy atom. The number of hydrogen-bond acceptors (Lipinski definition) is 5. The van der Waals surface area contributed by atoms with E-state index in [1.54, 1.807) is 50.0 Å². The third-order valence-electron chi connectivity index (χ3n) is 3.07. The first-order valence-corrected chi connectivity index (χ1v) is 6.31. The Hall–Kier alpha value is -2.89. The maximum atomic E-state index is 12.2. The molecule has 106 valence electrons. The fourth-order valence-corrected chi connectivity index (χ4v) is 2.09. The number of ether oxygens (including phenoxy) is 2. The molecule has 0 aliphatic carbocycles. The van der Waals surface area contributed by atoms with Gasteiger partial charge in [0.1, 0.15) is 11.3 Å². The number of aryl methyl sites for hydroxylation is 1. The molecule has 0 atom stereocenters. The number of fused-ring (bicyclic) bond motifs is 1. The van der Waals surface area contributed by atoms with E-state index in [0.717, 1.165) is 5.52 Å². The van der Waals surface area contributed by atoms with Gasteiger partial charge in [-0.2, -0.15) is 0 Å². The summed E-state index contributed by atoms with van der Waals surface area (Å²) < 4.78 is 12.4. The number of benzene rings is 1.